The highest BCUT2D eigenvalue weighted by atomic mass is 19.4. The van der Waals surface area contributed by atoms with Gasteiger partial charge in [0.25, 0.3) is 0 Å². The van der Waals surface area contributed by atoms with E-state index in [9.17, 15) is 18.0 Å². The van der Waals surface area contributed by atoms with Gasteiger partial charge in [-0.3, -0.25) is 4.79 Å². The van der Waals surface area contributed by atoms with Gasteiger partial charge in [-0.25, -0.2) is 0 Å². The SMILES string of the molecule is O=C(O)CCCC(C1CCCC1)C(F)(F)F. The van der Waals surface area contributed by atoms with Crippen LogP contribution in [0.1, 0.15) is 44.9 Å². The van der Waals surface area contributed by atoms with Crippen molar-refractivity contribution in [3.05, 3.63) is 0 Å². The molecule has 94 valence electrons. The molecule has 1 aliphatic rings. The molecule has 0 aromatic carbocycles. The van der Waals surface area contributed by atoms with Crippen LogP contribution in [-0.2, 0) is 4.79 Å². The standard InChI is InChI=1S/C11H17F3O2/c12-11(13,14)9(6-3-7-10(15)16)8-4-1-2-5-8/h8-9H,1-7H2,(H,15,16). The van der Waals surface area contributed by atoms with Gasteiger partial charge in [0.1, 0.15) is 0 Å². The first-order valence-corrected chi connectivity index (χ1v) is 5.69. The summed E-state index contributed by atoms with van der Waals surface area (Å²) >= 11 is 0. The predicted molar refractivity (Wildman–Crippen MR) is 53.0 cm³/mol. The minimum absolute atomic E-state index is 0.0412. The van der Waals surface area contributed by atoms with Crippen molar-refractivity contribution >= 4 is 5.97 Å². The lowest BCUT2D eigenvalue weighted by Gasteiger charge is -2.25. The topological polar surface area (TPSA) is 37.3 Å². The van der Waals surface area contributed by atoms with Crippen LogP contribution in [0.15, 0.2) is 0 Å². The zero-order valence-electron chi connectivity index (χ0n) is 9.09. The van der Waals surface area contributed by atoms with E-state index in [-0.39, 0.29) is 25.2 Å². The molecule has 0 spiro atoms. The molecular weight excluding hydrogens is 221 g/mol. The fourth-order valence-corrected chi connectivity index (χ4v) is 2.50. The quantitative estimate of drug-likeness (QED) is 0.794. The summed E-state index contributed by atoms with van der Waals surface area (Å²) < 4.78 is 38.2. The van der Waals surface area contributed by atoms with E-state index in [4.69, 9.17) is 5.11 Å². The van der Waals surface area contributed by atoms with Crippen molar-refractivity contribution in [2.75, 3.05) is 0 Å². The summed E-state index contributed by atoms with van der Waals surface area (Å²) in [5.74, 6) is -2.60. The Morgan fingerprint density at radius 2 is 1.88 bits per heavy atom. The lowest BCUT2D eigenvalue weighted by atomic mass is 9.86. The van der Waals surface area contributed by atoms with Crippen molar-refractivity contribution in [3.8, 4) is 0 Å². The van der Waals surface area contributed by atoms with Crippen molar-refractivity contribution in [1.82, 2.24) is 0 Å². The normalized spacial score (nSPS) is 19.9. The van der Waals surface area contributed by atoms with Crippen LogP contribution in [-0.4, -0.2) is 17.3 Å². The Morgan fingerprint density at radius 3 is 2.31 bits per heavy atom. The van der Waals surface area contributed by atoms with Gasteiger partial charge in [-0.1, -0.05) is 12.8 Å². The van der Waals surface area contributed by atoms with E-state index in [1.54, 1.807) is 0 Å². The molecular formula is C11H17F3O2. The van der Waals surface area contributed by atoms with Gasteiger partial charge in [-0.2, -0.15) is 13.2 Å². The first-order chi connectivity index (χ1) is 7.41. The summed E-state index contributed by atoms with van der Waals surface area (Å²) in [6, 6.07) is 0. The lowest BCUT2D eigenvalue weighted by molar-refractivity contribution is -0.191. The number of carboxylic acids is 1. The van der Waals surface area contributed by atoms with Gasteiger partial charge in [0, 0.05) is 6.42 Å². The molecule has 0 aromatic rings. The number of rotatable bonds is 5. The zero-order valence-corrected chi connectivity index (χ0v) is 9.09. The average Bonchev–Trinajstić information content (AvgIpc) is 2.62. The third kappa shape index (κ3) is 4.02. The molecule has 0 aliphatic heterocycles. The largest absolute Gasteiger partial charge is 0.481 e. The van der Waals surface area contributed by atoms with Crippen LogP contribution in [0.4, 0.5) is 13.2 Å². The number of aliphatic carboxylic acids is 1. The predicted octanol–water partition coefficient (Wildman–Crippen LogP) is 3.61. The summed E-state index contributed by atoms with van der Waals surface area (Å²) in [6.07, 6.45) is -1.25. The Bertz CT molecular complexity index is 232. The number of carbonyl (C=O) groups is 1. The van der Waals surface area contributed by atoms with Crippen LogP contribution < -0.4 is 0 Å². The maximum Gasteiger partial charge on any atom is 0.392 e. The Labute approximate surface area is 92.8 Å². The van der Waals surface area contributed by atoms with Crippen LogP contribution in [0.2, 0.25) is 0 Å². The first kappa shape index (κ1) is 13.3. The maximum absolute atomic E-state index is 12.7. The molecule has 0 bridgehead atoms. The summed E-state index contributed by atoms with van der Waals surface area (Å²) in [6.45, 7) is 0. The van der Waals surface area contributed by atoms with Crippen LogP contribution in [0.25, 0.3) is 0 Å². The lowest BCUT2D eigenvalue weighted by Crippen LogP contribution is -2.29. The highest BCUT2D eigenvalue weighted by Gasteiger charge is 2.44. The van der Waals surface area contributed by atoms with Crippen molar-refractivity contribution in [3.63, 3.8) is 0 Å². The molecule has 1 unspecified atom stereocenters. The minimum Gasteiger partial charge on any atom is -0.481 e. The molecule has 0 saturated heterocycles. The smallest absolute Gasteiger partial charge is 0.392 e. The van der Waals surface area contributed by atoms with E-state index in [2.05, 4.69) is 0 Å². The molecule has 1 fully saturated rings. The van der Waals surface area contributed by atoms with E-state index in [1.807, 2.05) is 0 Å². The molecule has 1 saturated carbocycles. The molecule has 2 nitrogen and oxygen atoms in total. The van der Waals surface area contributed by atoms with Crippen LogP contribution in [0.3, 0.4) is 0 Å². The van der Waals surface area contributed by atoms with Gasteiger partial charge in [0.05, 0.1) is 5.92 Å². The maximum atomic E-state index is 12.7. The molecule has 1 aliphatic carbocycles. The number of halogens is 3. The van der Waals surface area contributed by atoms with Gasteiger partial charge in [-0.05, 0) is 31.6 Å². The molecule has 0 heterocycles. The number of alkyl halides is 3. The van der Waals surface area contributed by atoms with Gasteiger partial charge in [0.15, 0.2) is 0 Å². The van der Waals surface area contributed by atoms with Gasteiger partial charge >= 0.3 is 12.1 Å². The third-order valence-electron chi connectivity index (χ3n) is 3.30. The van der Waals surface area contributed by atoms with Gasteiger partial charge in [0.2, 0.25) is 0 Å². The van der Waals surface area contributed by atoms with E-state index < -0.39 is 18.1 Å². The highest BCUT2D eigenvalue weighted by Crippen LogP contribution is 2.43. The average molecular weight is 238 g/mol. The molecule has 0 radical (unpaired) electrons. The fraction of sp³-hybridized carbons (Fsp3) is 0.909. The first-order valence-electron chi connectivity index (χ1n) is 5.69. The summed E-state index contributed by atoms with van der Waals surface area (Å²) in [5, 5.41) is 8.41. The molecule has 16 heavy (non-hydrogen) atoms. The van der Waals surface area contributed by atoms with E-state index in [0.29, 0.717) is 12.8 Å². The van der Waals surface area contributed by atoms with Gasteiger partial charge < -0.3 is 5.11 Å². The van der Waals surface area contributed by atoms with Gasteiger partial charge in [-0.15, -0.1) is 0 Å². The Hall–Kier alpha value is -0.740. The fourth-order valence-electron chi connectivity index (χ4n) is 2.50. The monoisotopic (exact) mass is 238 g/mol. The Balaban J connectivity index is 2.47. The molecule has 1 rings (SSSR count). The second kappa shape index (κ2) is 5.55. The van der Waals surface area contributed by atoms with Crippen molar-refractivity contribution in [1.29, 1.82) is 0 Å². The minimum atomic E-state index is -4.17. The second-order valence-electron chi connectivity index (χ2n) is 4.48. The number of carboxylic acid groups (broad SMARTS) is 1. The molecule has 0 aromatic heterocycles. The van der Waals surface area contributed by atoms with Crippen molar-refractivity contribution in [2.24, 2.45) is 11.8 Å². The molecule has 1 atom stereocenters. The van der Waals surface area contributed by atoms with E-state index in [0.717, 1.165) is 12.8 Å². The van der Waals surface area contributed by atoms with Crippen molar-refractivity contribution < 1.29 is 23.1 Å². The zero-order chi connectivity index (χ0) is 12.2. The highest BCUT2D eigenvalue weighted by molar-refractivity contribution is 5.66. The molecule has 5 heteroatoms. The van der Waals surface area contributed by atoms with Crippen LogP contribution in [0, 0.1) is 11.8 Å². The second-order valence-corrected chi connectivity index (χ2v) is 4.48. The number of hydrogen-bond donors (Lipinski definition) is 1. The van der Waals surface area contributed by atoms with Crippen LogP contribution >= 0.6 is 0 Å². The molecule has 1 N–H and O–H groups in total. The Kier molecular flexibility index (Phi) is 4.62. The molecule has 0 amide bonds. The van der Waals surface area contributed by atoms with Crippen LogP contribution in [0.5, 0.6) is 0 Å². The Morgan fingerprint density at radius 1 is 1.31 bits per heavy atom. The van der Waals surface area contributed by atoms with E-state index >= 15 is 0 Å². The third-order valence-corrected chi connectivity index (χ3v) is 3.30. The summed E-state index contributed by atoms with van der Waals surface area (Å²) in [4.78, 5) is 10.3. The summed E-state index contributed by atoms with van der Waals surface area (Å²) in [7, 11) is 0. The van der Waals surface area contributed by atoms with Crippen molar-refractivity contribution in [2.45, 2.75) is 51.1 Å². The number of hydrogen-bond acceptors (Lipinski definition) is 1. The summed E-state index contributed by atoms with van der Waals surface area (Å²) in [5.41, 5.74) is 0. The van der Waals surface area contributed by atoms with E-state index in [1.165, 1.54) is 0 Å².